The molecule has 1 aromatic heterocycles. The molecule has 0 spiro atoms. The average Bonchev–Trinajstić information content (AvgIpc) is 3.19. The molecule has 116 valence electrons. The molecule has 2 saturated heterocycles. The van der Waals surface area contributed by atoms with Crippen LogP contribution in [0.4, 0.5) is 0 Å². The Hall–Kier alpha value is -0.910. The lowest BCUT2D eigenvalue weighted by Crippen LogP contribution is -2.46. The van der Waals surface area contributed by atoms with E-state index in [4.69, 9.17) is 0 Å². The van der Waals surface area contributed by atoms with Crippen molar-refractivity contribution in [2.24, 2.45) is 5.92 Å². The smallest absolute Gasteiger partial charge is 0.234 e. The first-order valence-electron chi connectivity index (χ1n) is 8.06. The van der Waals surface area contributed by atoms with Crippen LogP contribution in [0.1, 0.15) is 30.6 Å². The molecule has 3 heterocycles. The molecule has 1 amide bonds. The van der Waals surface area contributed by atoms with Crippen molar-refractivity contribution < 1.29 is 4.79 Å². The molecule has 0 bridgehead atoms. The van der Waals surface area contributed by atoms with Gasteiger partial charge in [0.1, 0.15) is 0 Å². The topological polar surface area (TPSA) is 44.4 Å². The zero-order chi connectivity index (χ0) is 14.5. The Morgan fingerprint density at radius 1 is 1.43 bits per heavy atom. The number of piperidine rings is 1. The molecule has 1 aromatic rings. The maximum atomic E-state index is 12.1. The second-order valence-electron chi connectivity index (χ2n) is 6.20. The third-order valence-corrected chi connectivity index (χ3v) is 5.49. The van der Waals surface area contributed by atoms with E-state index in [1.54, 1.807) is 11.3 Å². The predicted molar refractivity (Wildman–Crippen MR) is 86.4 cm³/mol. The first kappa shape index (κ1) is 15.0. The van der Waals surface area contributed by atoms with Gasteiger partial charge in [0.15, 0.2) is 0 Å². The molecular formula is C16H25N3OS. The fraction of sp³-hybridized carbons (Fsp3) is 0.688. The lowest BCUT2D eigenvalue weighted by molar-refractivity contribution is -0.122. The number of nitrogens with zero attached hydrogens (tertiary/aromatic N) is 1. The molecule has 2 aliphatic heterocycles. The Balaban J connectivity index is 1.42. The molecule has 2 N–H and O–H groups in total. The van der Waals surface area contributed by atoms with Gasteiger partial charge in [-0.1, -0.05) is 6.07 Å². The minimum absolute atomic E-state index is 0.156. The van der Waals surface area contributed by atoms with E-state index in [2.05, 4.69) is 21.6 Å². The van der Waals surface area contributed by atoms with E-state index in [1.807, 2.05) is 11.4 Å². The highest BCUT2D eigenvalue weighted by molar-refractivity contribution is 7.09. The fourth-order valence-electron chi connectivity index (χ4n) is 3.54. The van der Waals surface area contributed by atoms with Crippen molar-refractivity contribution in [3.8, 4) is 0 Å². The molecule has 0 radical (unpaired) electrons. The highest BCUT2D eigenvalue weighted by Crippen LogP contribution is 2.24. The number of thiophene rings is 1. The summed E-state index contributed by atoms with van der Waals surface area (Å²) in [6.45, 7) is 4.52. The van der Waals surface area contributed by atoms with E-state index in [-0.39, 0.29) is 5.91 Å². The number of rotatable bonds is 5. The number of carbonyl (C=O) groups excluding carboxylic acids is 1. The summed E-state index contributed by atoms with van der Waals surface area (Å²) in [7, 11) is 0. The summed E-state index contributed by atoms with van der Waals surface area (Å²) in [5.74, 6) is 0.884. The molecule has 0 aliphatic carbocycles. The fourth-order valence-corrected chi connectivity index (χ4v) is 4.18. The molecule has 0 aromatic carbocycles. The van der Waals surface area contributed by atoms with Crippen LogP contribution in [0, 0.1) is 5.92 Å². The highest BCUT2D eigenvalue weighted by Gasteiger charge is 2.29. The molecule has 3 rings (SSSR count). The van der Waals surface area contributed by atoms with Crippen molar-refractivity contribution in [2.45, 2.75) is 38.3 Å². The molecule has 2 fully saturated rings. The zero-order valence-electron chi connectivity index (χ0n) is 12.5. The minimum atomic E-state index is 0.156. The molecule has 2 atom stereocenters. The second-order valence-corrected chi connectivity index (χ2v) is 7.23. The van der Waals surface area contributed by atoms with Gasteiger partial charge in [0.05, 0.1) is 13.1 Å². The highest BCUT2D eigenvalue weighted by atomic mass is 32.1. The van der Waals surface area contributed by atoms with Gasteiger partial charge in [0, 0.05) is 17.5 Å². The van der Waals surface area contributed by atoms with E-state index >= 15 is 0 Å². The Labute approximate surface area is 130 Å². The number of nitrogens with one attached hydrogen (secondary N) is 2. The van der Waals surface area contributed by atoms with Crippen LogP contribution in [0.15, 0.2) is 17.5 Å². The quantitative estimate of drug-likeness (QED) is 0.872. The Morgan fingerprint density at radius 3 is 3.14 bits per heavy atom. The van der Waals surface area contributed by atoms with Gasteiger partial charge in [0.25, 0.3) is 0 Å². The number of likely N-dealkylation sites (tertiary alicyclic amines) is 1. The van der Waals surface area contributed by atoms with Gasteiger partial charge in [-0.25, -0.2) is 0 Å². The van der Waals surface area contributed by atoms with Crippen LogP contribution < -0.4 is 10.6 Å². The third kappa shape index (κ3) is 4.28. The van der Waals surface area contributed by atoms with Crippen molar-refractivity contribution in [1.29, 1.82) is 0 Å². The first-order chi connectivity index (χ1) is 10.3. The Bertz CT molecular complexity index is 442. The summed E-state index contributed by atoms with van der Waals surface area (Å²) in [5.41, 5.74) is 0. The Kier molecular flexibility index (Phi) is 5.27. The molecular weight excluding hydrogens is 282 g/mol. The molecule has 2 unspecified atom stereocenters. The lowest BCUT2D eigenvalue weighted by atomic mass is 9.90. The standard InChI is InChI=1S/C16H25N3OS/c20-16(18-10-14-5-3-9-21-14)12-19-8-2-4-13(11-19)15-6-1-7-17-15/h3,5,9,13,15,17H,1-2,4,6-8,10-12H2,(H,18,20). The summed E-state index contributed by atoms with van der Waals surface area (Å²) in [6, 6.07) is 4.77. The molecule has 0 saturated carbocycles. The average molecular weight is 307 g/mol. The number of hydrogen-bond acceptors (Lipinski definition) is 4. The van der Waals surface area contributed by atoms with E-state index in [0.717, 1.165) is 19.0 Å². The van der Waals surface area contributed by atoms with Crippen molar-refractivity contribution in [3.05, 3.63) is 22.4 Å². The van der Waals surface area contributed by atoms with Crippen LogP contribution in [0.5, 0.6) is 0 Å². The van der Waals surface area contributed by atoms with Gasteiger partial charge in [-0.2, -0.15) is 0 Å². The van der Waals surface area contributed by atoms with Crippen LogP contribution in [-0.2, 0) is 11.3 Å². The molecule has 2 aliphatic rings. The van der Waals surface area contributed by atoms with E-state index in [1.165, 1.54) is 37.1 Å². The van der Waals surface area contributed by atoms with Gasteiger partial charge in [-0.15, -0.1) is 11.3 Å². The van der Waals surface area contributed by atoms with Crippen LogP contribution in [0.2, 0.25) is 0 Å². The molecule has 21 heavy (non-hydrogen) atoms. The third-order valence-electron chi connectivity index (χ3n) is 4.62. The molecule has 5 heteroatoms. The maximum absolute atomic E-state index is 12.1. The maximum Gasteiger partial charge on any atom is 0.234 e. The van der Waals surface area contributed by atoms with Crippen molar-refractivity contribution in [2.75, 3.05) is 26.2 Å². The van der Waals surface area contributed by atoms with Crippen LogP contribution >= 0.6 is 11.3 Å². The number of hydrogen-bond donors (Lipinski definition) is 2. The van der Waals surface area contributed by atoms with E-state index < -0.39 is 0 Å². The second kappa shape index (κ2) is 7.38. The summed E-state index contributed by atoms with van der Waals surface area (Å²) < 4.78 is 0. The minimum Gasteiger partial charge on any atom is -0.350 e. The summed E-state index contributed by atoms with van der Waals surface area (Å²) in [6.07, 6.45) is 5.15. The zero-order valence-corrected chi connectivity index (χ0v) is 13.3. The number of amides is 1. The van der Waals surface area contributed by atoms with Crippen molar-refractivity contribution >= 4 is 17.2 Å². The largest absolute Gasteiger partial charge is 0.350 e. The van der Waals surface area contributed by atoms with Crippen molar-refractivity contribution in [1.82, 2.24) is 15.5 Å². The van der Waals surface area contributed by atoms with Gasteiger partial charge in [-0.05, 0) is 56.1 Å². The van der Waals surface area contributed by atoms with E-state index in [0.29, 0.717) is 19.1 Å². The monoisotopic (exact) mass is 307 g/mol. The lowest BCUT2D eigenvalue weighted by Gasteiger charge is -2.35. The first-order valence-corrected chi connectivity index (χ1v) is 8.94. The van der Waals surface area contributed by atoms with Crippen molar-refractivity contribution in [3.63, 3.8) is 0 Å². The molecule has 4 nitrogen and oxygen atoms in total. The van der Waals surface area contributed by atoms with Crippen LogP contribution in [-0.4, -0.2) is 43.0 Å². The van der Waals surface area contributed by atoms with Gasteiger partial charge < -0.3 is 10.6 Å². The van der Waals surface area contributed by atoms with Crippen LogP contribution in [0.3, 0.4) is 0 Å². The van der Waals surface area contributed by atoms with Gasteiger partial charge in [-0.3, -0.25) is 9.69 Å². The summed E-state index contributed by atoms with van der Waals surface area (Å²) >= 11 is 1.69. The summed E-state index contributed by atoms with van der Waals surface area (Å²) in [5, 5.41) is 8.70. The summed E-state index contributed by atoms with van der Waals surface area (Å²) in [4.78, 5) is 15.6. The Morgan fingerprint density at radius 2 is 2.38 bits per heavy atom. The van der Waals surface area contributed by atoms with E-state index in [9.17, 15) is 4.79 Å². The normalized spacial score (nSPS) is 26.9. The SMILES string of the molecule is O=C(CN1CCCC(C2CCCN2)C1)NCc1cccs1. The van der Waals surface area contributed by atoms with Gasteiger partial charge in [0.2, 0.25) is 5.91 Å². The van der Waals surface area contributed by atoms with Crippen LogP contribution in [0.25, 0.3) is 0 Å². The predicted octanol–water partition coefficient (Wildman–Crippen LogP) is 1.83. The van der Waals surface area contributed by atoms with Gasteiger partial charge >= 0.3 is 0 Å². The number of carbonyl (C=O) groups is 1.